The van der Waals surface area contributed by atoms with E-state index in [1.54, 1.807) is 0 Å². The van der Waals surface area contributed by atoms with Crippen LogP contribution in [0.1, 0.15) is 141 Å². The summed E-state index contributed by atoms with van der Waals surface area (Å²) in [5.74, 6) is -12.8. The second kappa shape index (κ2) is 19.1. The number of halogens is 6. The second-order valence-electron chi connectivity index (χ2n) is 22.2. The van der Waals surface area contributed by atoms with Gasteiger partial charge >= 0.3 is 12.4 Å². The number of alkyl halides is 6. The Hall–Kier alpha value is -4.46. The van der Waals surface area contributed by atoms with E-state index in [4.69, 9.17) is 9.47 Å². The average molecular weight is 1010 g/mol. The number of hydrogen-bond acceptors (Lipinski definition) is 10. The van der Waals surface area contributed by atoms with Gasteiger partial charge in [-0.2, -0.15) is 26.3 Å². The minimum atomic E-state index is -5.83. The van der Waals surface area contributed by atoms with Gasteiger partial charge in [-0.05, 0) is 153 Å². The van der Waals surface area contributed by atoms with Crippen LogP contribution in [-0.4, -0.2) is 128 Å². The van der Waals surface area contributed by atoms with Crippen molar-refractivity contribution in [1.82, 2.24) is 19.6 Å². The second-order valence-corrected chi connectivity index (χ2v) is 22.2. The zero-order chi connectivity index (χ0) is 50.3. The number of carbonyl (C=O) groups is 8. The lowest BCUT2D eigenvalue weighted by Gasteiger charge is -2.52. The Morgan fingerprint density at radius 2 is 0.592 bits per heavy atom. The molecule has 4 heterocycles. The predicted molar refractivity (Wildman–Crippen MR) is 235 cm³/mol. The van der Waals surface area contributed by atoms with Crippen molar-refractivity contribution in [3.63, 3.8) is 0 Å². The topological polar surface area (TPSA) is 168 Å². The summed E-state index contributed by atoms with van der Waals surface area (Å²) in [6.45, 7) is 0. The van der Waals surface area contributed by atoms with Crippen LogP contribution in [0.25, 0.3) is 0 Å². The van der Waals surface area contributed by atoms with Crippen LogP contribution in [0.2, 0.25) is 0 Å². The third-order valence-corrected chi connectivity index (χ3v) is 18.6. The quantitative estimate of drug-likeness (QED) is 0.164. The highest BCUT2D eigenvalue weighted by Gasteiger charge is 2.78. The molecule has 8 amide bonds. The third-order valence-electron chi connectivity index (χ3n) is 18.6. The van der Waals surface area contributed by atoms with Crippen LogP contribution in [-0.2, 0) is 47.8 Å². The van der Waals surface area contributed by atoms with E-state index in [0.29, 0.717) is 103 Å². The van der Waals surface area contributed by atoms with Gasteiger partial charge in [-0.3, -0.25) is 58.0 Å². The van der Waals surface area contributed by atoms with E-state index in [2.05, 4.69) is 0 Å². The summed E-state index contributed by atoms with van der Waals surface area (Å²) in [5.41, 5.74) is -4.28. The van der Waals surface area contributed by atoms with Gasteiger partial charge in [0.2, 0.25) is 23.6 Å². The van der Waals surface area contributed by atoms with E-state index in [0.717, 1.165) is 9.80 Å². The SMILES string of the molecule is O=C1C=CC(=O)N1C1CCC(OC2CCC(N3C(=O)C4CCC(C(C5CCC6C(=O)N(C7CCC(OC8CCC(N9C(=O)C=CC9=O)CC8)CC7)C(=O)C6C5)(C(F)(F)F)C(F)(F)F)CC4C3=O)CC2)CC1. The molecule has 388 valence electrons. The third kappa shape index (κ3) is 8.79. The molecule has 71 heavy (non-hydrogen) atoms. The molecule has 6 atom stereocenters. The fourth-order valence-corrected chi connectivity index (χ4v) is 15.2. The number of likely N-dealkylation sites (tertiary alicyclic amines) is 2. The summed E-state index contributed by atoms with van der Waals surface area (Å²) in [7, 11) is 0. The predicted octanol–water partition coefficient (Wildman–Crippen LogP) is 7.03. The first-order valence-electron chi connectivity index (χ1n) is 26.0. The number of hydrogen-bond donors (Lipinski definition) is 0. The molecular weight excluding hydrogens is 943 g/mol. The Bertz CT molecular complexity index is 2050. The molecule has 6 unspecified atom stereocenters. The molecule has 0 radical (unpaired) electrons. The molecule has 4 aliphatic heterocycles. The van der Waals surface area contributed by atoms with Crippen LogP contribution in [0.15, 0.2) is 24.3 Å². The van der Waals surface area contributed by atoms with Crippen molar-refractivity contribution in [3.05, 3.63) is 24.3 Å². The molecule has 0 aromatic rings. The highest BCUT2D eigenvalue weighted by molar-refractivity contribution is 6.14. The summed E-state index contributed by atoms with van der Waals surface area (Å²) in [6.07, 6.45) is -2.15. The van der Waals surface area contributed by atoms with Crippen LogP contribution >= 0.6 is 0 Å². The van der Waals surface area contributed by atoms with Gasteiger partial charge in [-0.15, -0.1) is 0 Å². The monoisotopic (exact) mass is 1000 g/mol. The van der Waals surface area contributed by atoms with E-state index in [1.165, 1.54) is 34.1 Å². The number of nitrogens with zero attached hydrogens (tertiary/aromatic N) is 4. The minimum absolute atomic E-state index is 0.106. The van der Waals surface area contributed by atoms with E-state index >= 15 is 26.3 Å². The van der Waals surface area contributed by atoms with Crippen LogP contribution in [0, 0.1) is 40.9 Å². The van der Waals surface area contributed by atoms with Crippen molar-refractivity contribution in [2.24, 2.45) is 40.9 Å². The number of imide groups is 4. The van der Waals surface area contributed by atoms with Crippen molar-refractivity contribution in [2.75, 3.05) is 0 Å². The maximum absolute atomic E-state index is 15.7. The van der Waals surface area contributed by atoms with Gasteiger partial charge in [0.15, 0.2) is 5.41 Å². The van der Waals surface area contributed by atoms with Crippen LogP contribution in [0.3, 0.4) is 0 Å². The molecule has 10 aliphatic rings. The first-order valence-corrected chi connectivity index (χ1v) is 26.0. The molecule has 14 nitrogen and oxygen atoms in total. The number of fused-ring (bicyclic) bond motifs is 2. The smallest absolute Gasteiger partial charge is 0.375 e. The normalized spacial score (nSPS) is 38.6. The van der Waals surface area contributed by atoms with Gasteiger partial charge in [0.05, 0.1) is 48.1 Å². The Labute approximate surface area is 407 Å². The Balaban J connectivity index is 0.747. The molecule has 0 spiro atoms. The van der Waals surface area contributed by atoms with Crippen molar-refractivity contribution in [3.8, 4) is 0 Å². The number of ether oxygens (including phenoxy) is 2. The van der Waals surface area contributed by atoms with Crippen molar-refractivity contribution in [1.29, 1.82) is 0 Å². The van der Waals surface area contributed by atoms with Crippen molar-refractivity contribution < 1.29 is 74.2 Å². The lowest BCUT2D eigenvalue weighted by molar-refractivity contribution is -0.383. The molecule has 10 rings (SSSR count). The Morgan fingerprint density at radius 3 is 0.859 bits per heavy atom. The van der Waals surface area contributed by atoms with Crippen LogP contribution in [0.4, 0.5) is 26.3 Å². The number of amides is 8. The van der Waals surface area contributed by atoms with Gasteiger partial charge in [-0.1, -0.05) is 0 Å². The first-order chi connectivity index (χ1) is 33.8. The highest BCUT2D eigenvalue weighted by Crippen LogP contribution is 2.67. The van der Waals surface area contributed by atoms with Gasteiger partial charge in [0.25, 0.3) is 23.6 Å². The lowest BCUT2D eigenvalue weighted by atomic mass is 9.54. The lowest BCUT2D eigenvalue weighted by Crippen LogP contribution is -2.61. The molecule has 0 aromatic carbocycles. The first kappa shape index (κ1) is 50.1. The van der Waals surface area contributed by atoms with Crippen LogP contribution < -0.4 is 0 Å². The maximum atomic E-state index is 15.7. The molecule has 20 heteroatoms. The fraction of sp³-hybridized carbons (Fsp3) is 0.765. The van der Waals surface area contributed by atoms with Gasteiger partial charge in [-0.25, -0.2) is 0 Å². The van der Waals surface area contributed by atoms with E-state index in [9.17, 15) is 38.4 Å². The zero-order valence-electron chi connectivity index (χ0n) is 39.6. The Kier molecular flexibility index (Phi) is 13.5. The zero-order valence-corrected chi connectivity index (χ0v) is 39.6. The van der Waals surface area contributed by atoms with E-state index in [1.807, 2.05) is 0 Å². The highest BCUT2D eigenvalue weighted by atomic mass is 19.4. The minimum Gasteiger partial charge on any atom is -0.375 e. The van der Waals surface area contributed by atoms with E-state index < -0.39 is 115 Å². The number of rotatable bonds is 10. The summed E-state index contributed by atoms with van der Waals surface area (Å²) in [5, 5.41) is 0. The largest absolute Gasteiger partial charge is 0.403 e. The molecular formula is C51H62F6N4O10. The summed E-state index contributed by atoms with van der Waals surface area (Å²) < 4.78 is 107. The molecule has 0 bridgehead atoms. The molecule has 0 N–H and O–H groups in total. The van der Waals surface area contributed by atoms with Gasteiger partial charge in [0, 0.05) is 48.5 Å². The van der Waals surface area contributed by atoms with Gasteiger partial charge < -0.3 is 9.47 Å². The standard InChI is InChI=1S/C51H62F6N4O10/c52-50(53,54)49(51(55,56)57,27-1-19-37-39(25-27)47(68)60(45(37)66)31-7-15-35(16-8-31)70-33-11-3-29(4-12-33)58-41(62)21-22-42(58)63)28-2-20-38-40(26-28)48(69)61(46(38)67)32-9-17-36(18-10-32)71-34-13-5-30(6-14-34)59-43(64)23-24-44(59)65/h21-24,27-40H,1-20,25-26H2. The summed E-state index contributed by atoms with van der Waals surface area (Å²) in [6, 6.07) is -1.54. The summed E-state index contributed by atoms with van der Waals surface area (Å²) in [4.78, 5) is 109. The summed E-state index contributed by atoms with van der Waals surface area (Å²) >= 11 is 0. The number of carbonyl (C=O) groups excluding carboxylic acids is 8. The molecule has 8 fully saturated rings. The molecule has 0 aromatic heterocycles. The molecule has 6 saturated carbocycles. The van der Waals surface area contributed by atoms with Crippen molar-refractivity contribution in [2.45, 2.75) is 202 Å². The average Bonchev–Trinajstić information content (AvgIpc) is 4.01. The van der Waals surface area contributed by atoms with Crippen LogP contribution in [0.5, 0.6) is 0 Å². The van der Waals surface area contributed by atoms with Gasteiger partial charge in [0.1, 0.15) is 0 Å². The van der Waals surface area contributed by atoms with E-state index in [-0.39, 0.29) is 73.0 Å². The maximum Gasteiger partial charge on any atom is 0.403 e. The molecule has 2 saturated heterocycles. The molecule has 6 aliphatic carbocycles. The fourth-order valence-electron chi connectivity index (χ4n) is 15.2. The van der Waals surface area contributed by atoms with Crippen molar-refractivity contribution >= 4 is 47.3 Å². The Morgan fingerprint density at radius 1 is 0.338 bits per heavy atom.